The third-order valence-corrected chi connectivity index (χ3v) is 4.88. The Morgan fingerprint density at radius 1 is 1.07 bits per heavy atom. The lowest BCUT2D eigenvalue weighted by molar-refractivity contribution is -0.114. The Bertz CT molecular complexity index is 1110. The first kappa shape index (κ1) is 18.3. The van der Waals surface area contributed by atoms with Crippen LogP contribution in [0.15, 0.2) is 54.1 Å². The molecule has 0 saturated heterocycles. The van der Waals surface area contributed by atoms with Crippen molar-refractivity contribution in [3.05, 3.63) is 59.8 Å². The Hall–Kier alpha value is -3.52. The molecule has 3 rings (SSSR count). The molecule has 0 saturated carbocycles. The van der Waals surface area contributed by atoms with Crippen LogP contribution in [0.2, 0.25) is 0 Å². The van der Waals surface area contributed by atoms with Crippen LogP contribution in [-0.2, 0) is 11.8 Å². The van der Waals surface area contributed by atoms with Gasteiger partial charge in [-0.2, -0.15) is 5.26 Å². The highest BCUT2D eigenvalue weighted by molar-refractivity contribution is 6.03. The molecule has 0 atom stereocenters. The van der Waals surface area contributed by atoms with Crippen molar-refractivity contribution in [2.45, 2.75) is 6.92 Å². The number of primary amides is 1. The quantitative estimate of drug-likeness (QED) is 0.571. The van der Waals surface area contributed by atoms with Crippen LogP contribution in [0.1, 0.15) is 12.6 Å². The minimum Gasteiger partial charge on any atom is -0.378 e. The van der Waals surface area contributed by atoms with Crippen molar-refractivity contribution in [3.63, 3.8) is 0 Å². The van der Waals surface area contributed by atoms with E-state index in [0.29, 0.717) is 5.57 Å². The number of nitrogens with two attached hydrogens (primary N) is 1. The molecule has 1 aromatic heterocycles. The Morgan fingerprint density at radius 3 is 2.37 bits per heavy atom. The fourth-order valence-corrected chi connectivity index (χ4v) is 3.30. The summed E-state index contributed by atoms with van der Waals surface area (Å²) in [6.45, 7) is 1.74. The summed E-state index contributed by atoms with van der Waals surface area (Å²) in [5.74, 6) is -0.708. The van der Waals surface area contributed by atoms with Gasteiger partial charge in [0.2, 0.25) is 0 Å². The van der Waals surface area contributed by atoms with Crippen molar-refractivity contribution >= 4 is 27.9 Å². The minimum atomic E-state index is -0.708. The normalized spacial score (nSPS) is 11.8. The highest BCUT2D eigenvalue weighted by Gasteiger charge is 2.15. The topological polar surface area (TPSA) is 75.0 Å². The standard InChI is InChI=1S/C22H22N4O/c1-14(19(13-23)22(24)27)20-9-10-21(26(20)4)17-6-5-16-12-18(25(2)3)8-7-15(16)11-17/h5-12H,1-4H3,(H2,24,27)/b19-14+. The molecule has 0 aliphatic carbocycles. The maximum atomic E-state index is 11.5. The van der Waals surface area contributed by atoms with Crippen LogP contribution >= 0.6 is 0 Å². The number of amides is 1. The summed E-state index contributed by atoms with van der Waals surface area (Å²) >= 11 is 0. The Morgan fingerprint density at radius 2 is 1.74 bits per heavy atom. The van der Waals surface area contributed by atoms with Crippen LogP contribution in [0.25, 0.3) is 27.6 Å². The van der Waals surface area contributed by atoms with E-state index in [1.54, 1.807) is 6.92 Å². The van der Waals surface area contributed by atoms with Gasteiger partial charge in [0.25, 0.3) is 5.91 Å². The van der Waals surface area contributed by atoms with Gasteiger partial charge in [-0.15, -0.1) is 0 Å². The van der Waals surface area contributed by atoms with Gasteiger partial charge in [0, 0.05) is 38.2 Å². The Balaban J connectivity index is 2.08. The number of fused-ring (bicyclic) bond motifs is 1. The number of anilines is 1. The van der Waals surface area contributed by atoms with Crippen LogP contribution in [0.3, 0.4) is 0 Å². The van der Waals surface area contributed by atoms with Gasteiger partial charge in [0.05, 0.1) is 0 Å². The lowest BCUT2D eigenvalue weighted by Crippen LogP contribution is -2.14. The van der Waals surface area contributed by atoms with Crippen LogP contribution in [0.4, 0.5) is 5.69 Å². The van der Waals surface area contributed by atoms with Crippen molar-refractivity contribution in [2.24, 2.45) is 12.8 Å². The van der Waals surface area contributed by atoms with Gasteiger partial charge in [0.15, 0.2) is 0 Å². The predicted octanol–water partition coefficient (Wildman–Crippen LogP) is 3.69. The molecule has 2 N–H and O–H groups in total. The summed E-state index contributed by atoms with van der Waals surface area (Å²) in [7, 11) is 5.97. The number of aromatic nitrogens is 1. The van der Waals surface area contributed by atoms with Crippen LogP contribution in [0.5, 0.6) is 0 Å². The molecule has 0 radical (unpaired) electrons. The molecule has 0 spiro atoms. The van der Waals surface area contributed by atoms with Gasteiger partial charge in [0.1, 0.15) is 11.6 Å². The van der Waals surface area contributed by atoms with Gasteiger partial charge in [-0.3, -0.25) is 4.79 Å². The first-order valence-electron chi connectivity index (χ1n) is 8.62. The molecular weight excluding hydrogens is 336 g/mol. The molecular formula is C22H22N4O. The van der Waals surface area contributed by atoms with E-state index in [1.807, 2.05) is 43.9 Å². The average Bonchev–Trinajstić information content (AvgIpc) is 3.02. The summed E-state index contributed by atoms with van der Waals surface area (Å²) in [6.07, 6.45) is 0. The van der Waals surface area contributed by atoms with E-state index in [-0.39, 0.29) is 5.57 Å². The summed E-state index contributed by atoms with van der Waals surface area (Å²) in [5, 5.41) is 11.5. The van der Waals surface area contributed by atoms with E-state index in [1.165, 1.54) is 5.39 Å². The van der Waals surface area contributed by atoms with E-state index < -0.39 is 5.91 Å². The average molecular weight is 358 g/mol. The molecule has 27 heavy (non-hydrogen) atoms. The minimum absolute atomic E-state index is 0.0162. The fraction of sp³-hybridized carbons (Fsp3) is 0.182. The second-order valence-corrected chi connectivity index (χ2v) is 6.78. The van der Waals surface area contributed by atoms with E-state index in [9.17, 15) is 10.1 Å². The van der Waals surface area contributed by atoms with E-state index in [2.05, 4.69) is 41.3 Å². The number of nitriles is 1. The number of hydrogen-bond acceptors (Lipinski definition) is 3. The van der Waals surface area contributed by atoms with Crippen LogP contribution in [-0.4, -0.2) is 24.6 Å². The van der Waals surface area contributed by atoms with Crippen molar-refractivity contribution in [1.29, 1.82) is 5.26 Å². The molecule has 5 nitrogen and oxygen atoms in total. The number of allylic oxidation sites excluding steroid dienone is 1. The molecule has 0 unspecified atom stereocenters. The zero-order valence-electron chi connectivity index (χ0n) is 15.9. The molecule has 1 amide bonds. The number of carbonyl (C=O) groups is 1. The van der Waals surface area contributed by atoms with Crippen LogP contribution in [0, 0.1) is 11.3 Å². The number of carbonyl (C=O) groups excluding carboxylic acids is 1. The van der Waals surface area contributed by atoms with Gasteiger partial charge >= 0.3 is 0 Å². The monoisotopic (exact) mass is 358 g/mol. The Labute approximate surface area is 158 Å². The number of hydrogen-bond donors (Lipinski definition) is 1. The van der Waals surface area contributed by atoms with Crippen LogP contribution < -0.4 is 10.6 Å². The SMILES string of the molecule is C/C(=C(/C#N)C(N)=O)c1ccc(-c2ccc3cc(N(C)C)ccc3c2)n1C. The molecule has 0 aliphatic heterocycles. The molecule has 1 heterocycles. The van der Waals surface area contributed by atoms with E-state index >= 15 is 0 Å². The largest absolute Gasteiger partial charge is 0.378 e. The third-order valence-electron chi connectivity index (χ3n) is 4.88. The molecule has 0 bridgehead atoms. The number of nitrogens with zero attached hydrogens (tertiary/aromatic N) is 3. The zero-order chi connectivity index (χ0) is 19.7. The Kier molecular flexibility index (Phi) is 4.74. The molecule has 2 aromatic carbocycles. The lowest BCUT2D eigenvalue weighted by atomic mass is 10.0. The molecule has 0 fully saturated rings. The van der Waals surface area contributed by atoms with Crippen molar-refractivity contribution in [1.82, 2.24) is 4.57 Å². The highest BCUT2D eigenvalue weighted by Crippen LogP contribution is 2.30. The predicted molar refractivity (Wildman–Crippen MR) is 110 cm³/mol. The molecule has 5 heteroatoms. The smallest absolute Gasteiger partial charge is 0.259 e. The summed E-state index contributed by atoms with van der Waals surface area (Å²) in [5.41, 5.74) is 9.91. The van der Waals surface area contributed by atoms with Gasteiger partial charge < -0.3 is 15.2 Å². The van der Waals surface area contributed by atoms with E-state index in [4.69, 9.17) is 5.73 Å². The van der Waals surface area contributed by atoms with Crippen molar-refractivity contribution < 1.29 is 4.79 Å². The second-order valence-electron chi connectivity index (χ2n) is 6.78. The fourth-order valence-electron chi connectivity index (χ4n) is 3.30. The molecule has 136 valence electrons. The first-order chi connectivity index (χ1) is 12.8. The van der Waals surface area contributed by atoms with Gasteiger partial charge in [-0.25, -0.2) is 0 Å². The second kappa shape index (κ2) is 7.00. The third kappa shape index (κ3) is 3.30. The lowest BCUT2D eigenvalue weighted by Gasteiger charge is -2.14. The number of rotatable bonds is 4. The van der Waals surface area contributed by atoms with Crippen molar-refractivity contribution in [2.75, 3.05) is 19.0 Å². The maximum absolute atomic E-state index is 11.5. The maximum Gasteiger partial charge on any atom is 0.259 e. The first-order valence-corrected chi connectivity index (χ1v) is 8.62. The molecule has 3 aromatic rings. The van der Waals surface area contributed by atoms with E-state index in [0.717, 1.165) is 28.0 Å². The number of benzene rings is 2. The van der Waals surface area contributed by atoms with Crippen molar-refractivity contribution in [3.8, 4) is 17.3 Å². The highest BCUT2D eigenvalue weighted by atomic mass is 16.1. The van der Waals surface area contributed by atoms with Gasteiger partial charge in [-0.1, -0.05) is 18.2 Å². The summed E-state index contributed by atoms with van der Waals surface area (Å²) < 4.78 is 1.98. The van der Waals surface area contributed by atoms with Gasteiger partial charge in [-0.05, 0) is 59.2 Å². The zero-order valence-corrected chi connectivity index (χ0v) is 15.9. The summed E-state index contributed by atoms with van der Waals surface area (Å²) in [4.78, 5) is 13.6. The summed E-state index contributed by atoms with van der Waals surface area (Å²) in [6, 6.07) is 18.5. The molecule has 0 aliphatic rings.